The van der Waals surface area contributed by atoms with Crippen molar-refractivity contribution >= 4 is 11.6 Å². The largest absolute Gasteiger partial charge is 0.379 e. The molecule has 25 heavy (non-hydrogen) atoms. The van der Waals surface area contributed by atoms with Crippen LogP contribution in [0.1, 0.15) is 6.92 Å². The van der Waals surface area contributed by atoms with Crippen LogP contribution in [0.2, 0.25) is 0 Å². The van der Waals surface area contributed by atoms with E-state index < -0.39 is 0 Å². The van der Waals surface area contributed by atoms with Gasteiger partial charge in [-0.2, -0.15) is 0 Å². The Morgan fingerprint density at radius 2 is 2.08 bits per heavy atom. The lowest BCUT2D eigenvalue weighted by Crippen LogP contribution is -2.47. The van der Waals surface area contributed by atoms with E-state index in [0.29, 0.717) is 24.2 Å². The maximum absolute atomic E-state index is 12.7. The highest BCUT2D eigenvalue weighted by Gasteiger charge is 2.36. The number of hydrogen-bond donors (Lipinski definition) is 0. The molecule has 134 valence electrons. The van der Waals surface area contributed by atoms with E-state index in [2.05, 4.69) is 16.9 Å². The topological polar surface area (TPSA) is 72.1 Å². The van der Waals surface area contributed by atoms with Gasteiger partial charge in [0, 0.05) is 38.4 Å². The molecule has 0 saturated carbocycles. The van der Waals surface area contributed by atoms with Crippen LogP contribution in [0, 0.1) is 5.92 Å². The van der Waals surface area contributed by atoms with Crippen LogP contribution >= 0.6 is 0 Å². The fourth-order valence-electron chi connectivity index (χ4n) is 3.84. The Bertz CT molecular complexity index is 823. The second-order valence-corrected chi connectivity index (χ2v) is 6.86. The van der Waals surface area contributed by atoms with Crippen LogP contribution in [0.15, 0.2) is 29.2 Å². The van der Waals surface area contributed by atoms with Gasteiger partial charge >= 0.3 is 5.69 Å². The van der Waals surface area contributed by atoms with Crippen LogP contribution in [0.3, 0.4) is 0 Å². The normalized spacial score (nSPS) is 24.9. The Morgan fingerprint density at radius 3 is 2.84 bits per heavy atom. The molecule has 0 N–H and O–H groups in total. The van der Waals surface area contributed by atoms with E-state index in [1.165, 1.54) is 9.08 Å². The number of carbonyl (C=O) groups excluding carboxylic acids is 1. The molecule has 2 aromatic heterocycles. The van der Waals surface area contributed by atoms with E-state index in [1.54, 1.807) is 18.3 Å². The minimum Gasteiger partial charge on any atom is -0.379 e. The van der Waals surface area contributed by atoms with Gasteiger partial charge in [-0.15, -0.1) is 5.10 Å². The summed E-state index contributed by atoms with van der Waals surface area (Å²) in [5.74, 6) is 0.368. The van der Waals surface area contributed by atoms with E-state index >= 15 is 0 Å². The summed E-state index contributed by atoms with van der Waals surface area (Å²) in [6.07, 6.45) is 1.66. The molecule has 0 radical (unpaired) electrons. The Balaban J connectivity index is 1.46. The minimum absolute atomic E-state index is 0.0108. The number of rotatable bonds is 3. The van der Waals surface area contributed by atoms with Crippen LogP contribution in [0.4, 0.5) is 0 Å². The number of likely N-dealkylation sites (tertiary alicyclic amines) is 1. The molecule has 0 bridgehead atoms. The molecular weight excluding hydrogens is 322 g/mol. The molecule has 2 saturated heterocycles. The first-order valence-electron chi connectivity index (χ1n) is 8.77. The summed E-state index contributed by atoms with van der Waals surface area (Å²) >= 11 is 0. The third kappa shape index (κ3) is 3.07. The minimum atomic E-state index is -0.277. The van der Waals surface area contributed by atoms with Crippen LogP contribution in [0.5, 0.6) is 0 Å². The smallest absolute Gasteiger partial charge is 0.350 e. The van der Waals surface area contributed by atoms with E-state index in [-0.39, 0.29) is 18.1 Å². The zero-order valence-electron chi connectivity index (χ0n) is 14.4. The number of hydrogen-bond acceptors (Lipinski definition) is 5. The molecule has 1 amide bonds. The lowest BCUT2D eigenvalue weighted by Gasteiger charge is -2.33. The van der Waals surface area contributed by atoms with Gasteiger partial charge in [-0.1, -0.05) is 13.0 Å². The molecule has 4 rings (SSSR count). The van der Waals surface area contributed by atoms with E-state index in [4.69, 9.17) is 4.74 Å². The van der Waals surface area contributed by atoms with Gasteiger partial charge in [0.05, 0.1) is 13.2 Å². The first kappa shape index (κ1) is 16.3. The quantitative estimate of drug-likeness (QED) is 0.762. The van der Waals surface area contributed by atoms with Crippen LogP contribution in [0.25, 0.3) is 5.65 Å². The Labute approximate surface area is 145 Å². The number of pyridine rings is 1. The number of carbonyl (C=O) groups is 1. The van der Waals surface area contributed by atoms with E-state index in [1.807, 2.05) is 11.0 Å². The van der Waals surface area contributed by atoms with Crippen molar-refractivity contribution in [3.05, 3.63) is 34.9 Å². The van der Waals surface area contributed by atoms with Crippen molar-refractivity contribution in [2.75, 3.05) is 39.4 Å². The van der Waals surface area contributed by atoms with Crippen molar-refractivity contribution in [2.45, 2.75) is 19.5 Å². The van der Waals surface area contributed by atoms with Crippen molar-refractivity contribution in [3.63, 3.8) is 0 Å². The fraction of sp³-hybridized carbons (Fsp3) is 0.588. The summed E-state index contributed by atoms with van der Waals surface area (Å²) in [5.41, 5.74) is 0.280. The Morgan fingerprint density at radius 1 is 1.28 bits per heavy atom. The summed E-state index contributed by atoms with van der Waals surface area (Å²) in [6.45, 7) is 6.96. The molecule has 8 nitrogen and oxygen atoms in total. The molecule has 2 aliphatic heterocycles. The summed E-state index contributed by atoms with van der Waals surface area (Å²) in [6, 6.07) is 5.72. The number of fused-ring (bicyclic) bond motifs is 1. The van der Waals surface area contributed by atoms with Gasteiger partial charge in [0.2, 0.25) is 5.91 Å². The predicted molar refractivity (Wildman–Crippen MR) is 91.4 cm³/mol. The van der Waals surface area contributed by atoms with Gasteiger partial charge in [0.1, 0.15) is 6.54 Å². The Kier molecular flexibility index (Phi) is 4.30. The van der Waals surface area contributed by atoms with Crippen LogP contribution in [-0.2, 0) is 16.1 Å². The zero-order valence-corrected chi connectivity index (χ0v) is 14.4. The molecule has 0 unspecified atom stereocenters. The average molecular weight is 345 g/mol. The van der Waals surface area contributed by atoms with Gasteiger partial charge in [-0.25, -0.2) is 9.48 Å². The number of nitrogens with zero attached hydrogens (tertiary/aromatic N) is 5. The molecule has 2 aliphatic rings. The van der Waals surface area contributed by atoms with E-state index in [0.717, 1.165) is 32.8 Å². The van der Waals surface area contributed by atoms with Crippen LogP contribution < -0.4 is 5.69 Å². The second-order valence-electron chi connectivity index (χ2n) is 6.86. The van der Waals surface area contributed by atoms with Gasteiger partial charge in [-0.3, -0.25) is 14.1 Å². The standard InChI is InChI=1S/C17H23N5O3/c1-13-10-20(11-14(13)19-6-8-25-9-7-19)16(23)12-22-17(24)21-5-3-2-4-15(21)18-22/h2-5,13-14H,6-12H2,1H3/t13-,14+/m1/s1. The second kappa shape index (κ2) is 6.61. The number of amides is 1. The highest BCUT2D eigenvalue weighted by atomic mass is 16.5. The highest BCUT2D eigenvalue weighted by Crippen LogP contribution is 2.22. The molecule has 8 heteroatoms. The molecule has 0 spiro atoms. The van der Waals surface area contributed by atoms with Crippen molar-refractivity contribution < 1.29 is 9.53 Å². The predicted octanol–water partition coefficient (Wildman–Crippen LogP) is -0.325. The molecule has 2 atom stereocenters. The summed E-state index contributed by atoms with van der Waals surface area (Å²) in [7, 11) is 0. The summed E-state index contributed by atoms with van der Waals surface area (Å²) in [4.78, 5) is 29.3. The third-order valence-electron chi connectivity index (χ3n) is 5.21. The van der Waals surface area contributed by atoms with Gasteiger partial charge in [0.25, 0.3) is 0 Å². The van der Waals surface area contributed by atoms with Crippen molar-refractivity contribution in [2.24, 2.45) is 5.92 Å². The molecule has 0 aliphatic carbocycles. The fourth-order valence-corrected chi connectivity index (χ4v) is 3.84. The zero-order chi connectivity index (χ0) is 17.4. The number of ether oxygens (including phenoxy) is 1. The molecule has 2 aromatic rings. The van der Waals surface area contributed by atoms with E-state index in [9.17, 15) is 9.59 Å². The van der Waals surface area contributed by atoms with Crippen molar-refractivity contribution in [1.82, 2.24) is 24.0 Å². The molecule has 4 heterocycles. The van der Waals surface area contributed by atoms with Gasteiger partial charge < -0.3 is 9.64 Å². The molecular formula is C17H23N5O3. The maximum Gasteiger partial charge on any atom is 0.350 e. The third-order valence-corrected chi connectivity index (χ3v) is 5.21. The Hall–Kier alpha value is -2.19. The molecule has 0 aromatic carbocycles. The number of aromatic nitrogens is 3. The van der Waals surface area contributed by atoms with Crippen molar-refractivity contribution in [3.8, 4) is 0 Å². The highest BCUT2D eigenvalue weighted by molar-refractivity contribution is 5.76. The van der Waals surface area contributed by atoms with Crippen molar-refractivity contribution in [1.29, 1.82) is 0 Å². The first-order chi connectivity index (χ1) is 12.1. The van der Waals surface area contributed by atoms with Gasteiger partial charge in [-0.05, 0) is 18.1 Å². The molecule has 2 fully saturated rings. The van der Waals surface area contributed by atoms with Gasteiger partial charge in [0.15, 0.2) is 5.65 Å². The monoisotopic (exact) mass is 345 g/mol. The summed E-state index contributed by atoms with van der Waals surface area (Å²) in [5, 5.41) is 4.24. The maximum atomic E-state index is 12.7. The first-order valence-corrected chi connectivity index (χ1v) is 8.77. The lowest BCUT2D eigenvalue weighted by molar-refractivity contribution is -0.131. The van der Waals surface area contributed by atoms with Crippen LogP contribution in [-0.4, -0.2) is 75.3 Å². The lowest BCUT2D eigenvalue weighted by atomic mass is 10.0. The SMILES string of the molecule is C[C@@H]1CN(C(=O)Cn2nc3ccccn3c2=O)C[C@@H]1N1CCOCC1. The number of morpholine rings is 1. The average Bonchev–Trinajstić information content (AvgIpc) is 3.17. The summed E-state index contributed by atoms with van der Waals surface area (Å²) < 4.78 is 8.13.